The fourth-order valence-corrected chi connectivity index (χ4v) is 2.54. The van der Waals surface area contributed by atoms with Crippen molar-refractivity contribution in [3.05, 3.63) is 55.8 Å². The first-order valence-corrected chi connectivity index (χ1v) is 7.28. The van der Waals surface area contributed by atoms with Gasteiger partial charge in [0, 0.05) is 29.8 Å². The average molecular weight is 304 g/mol. The minimum Gasteiger partial charge on any atom is -0.337 e. The number of hydrogen-bond donors (Lipinski definition) is 0. The number of thiophene rings is 1. The summed E-state index contributed by atoms with van der Waals surface area (Å²) in [5, 5.41) is 7.66. The van der Waals surface area contributed by atoms with Crippen molar-refractivity contribution in [1.82, 2.24) is 19.3 Å². The van der Waals surface area contributed by atoms with Crippen LogP contribution in [0.1, 0.15) is 12.8 Å². The molecule has 0 aliphatic heterocycles. The summed E-state index contributed by atoms with van der Waals surface area (Å²) in [5.41, 5.74) is 0.0710. The molecule has 0 N–H and O–H groups in total. The van der Waals surface area contributed by atoms with Crippen LogP contribution in [0.4, 0.5) is 0 Å². The minimum absolute atomic E-state index is 0.0321. The molecule has 0 spiro atoms. The van der Waals surface area contributed by atoms with Gasteiger partial charge in [-0.3, -0.25) is 9.36 Å². The van der Waals surface area contributed by atoms with E-state index in [1.165, 1.54) is 28.2 Å². The molecular weight excluding hydrogens is 292 g/mol. The molecule has 21 heavy (non-hydrogen) atoms. The highest BCUT2D eigenvalue weighted by molar-refractivity contribution is 7.08. The molecule has 3 heterocycles. The predicted molar refractivity (Wildman–Crippen MR) is 77.3 cm³/mol. The quantitative estimate of drug-likeness (QED) is 0.723. The minimum atomic E-state index is -0.389. The normalized spacial score (nSPS) is 10.9. The molecule has 0 aliphatic rings. The van der Waals surface area contributed by atoms with Gasteiger partial charge in [-0.15, -0.1) is 0 Å². The van der Waals surface area contributed by atoms with Crippen molar-refractivity contribution in [2.24, 2.45) is 0 Å². The summed E-state index contributed by atoms with van der Waals surface area (Å²) in [4.78, 5) is 28.1. The molecule has 3 rings (SSSR count). The highest BCUT2D eigenvalue weighted by Crippen LogP contribution is 2.18. The molecule has 0 aliphatic carbocycles. The SMILES string of the molecule is CCn1ccc(=O)n(Cc2nc(-c3ccsc3)no2)c1=O. The third kappa shape index (κ3) is 2.57. The lowest BCUT2D eigenvalue weighted by molar-refractivity contribution is 0.366. The Bertz CT molecular complexity index is 860. The largest absolute Gasteiger partial charge is 0.337 e. The molecule has 108 valence electrons. The van der Waals surface area contributed by atoms with Gasteiger partial charge in [-0.05, 0) is 18.4 Å². The Morgan fingerprint density at radius 2 is 2.19 bits per heavy atom. The van der Waals surface area contributed by atoms with Gasteiger partial charge < -0.3 is 9.09 Å². The molecule has 0 fully saturated rings. The van der Waals surface area contributed by atoms with E-state index in [9.17, 15) is 9.59 Å². The lowest BCUT2D eigenvalue weighted by Crippen LogP contribution is -2.39. The number of hydrogen-bond acceptors (Lipinski definition) is 6. The molecule has 0 atom stereocenters. The van der Waals surface area contributed by atoms with Crippen LogP contribution in [0.2, 0.25) is 0 Å². The first kappa shape index (κ1) is 13.5. The van der Waals surface area contributed by atoms with E-state index in [2.05, 4.69) is 10.1 Å². The number of nitrogens with zero attached hydrogens (tertiary/aromatic N) is 4. The smallest absolute Gasteiger partial charge is 0.331 e. The van der Waals surface area contributed by atoms with Crippen LogP contribution in [0.25, 0.3) is 11.4 Å². The van der Waals surface area contributed by atoms with Crippen LogP contribution in [0.3, 0.4) is 0 Å². The Hall–Kier alpha value is -2.48. The maximum atomic E-state index is 12.1. The van der Waals surface area contributed by atoms with Crippen molar-refractivity contribution in [2.75, 3.05) is 0 Å². The fraction of sp³-hybridized carbons (Fsp3) is 0.231. The Morgan fingerprint density at radius 3 is 2.90 bits per heavy atom. The van der Waals surface area contributed by atoms with E-state index >= 15 is 0 Å². The third-order valence-electron chi connectivity index (χ3n) is 3.02. The summed E-state index contributed by atoms with van der Waals surface area (Å²) in [6.45, 7) is 2.29. The van der Waals surface area contributed by atoms with Crippen molar-refractivity contribution in [3.8, 4) is 11.4 Å². The fourth-order valence-electron chi connectivity index (χ4n) is 1.91. The van der Waals surface area contributed by atoms with E-state index < -0.39 is 0 Å². The van der Waals surface area contributed by atoms with Gasteiger partial charge in [0.05, 0.1) is 0 Å². The molecule has 0 bridgehead atoms. The summed E-state index contributed by atoms with van der Waals surface area (Å²) in [6.07, 6.45) is 1.48. The number of aryl methyl sites for hydroxylation is 1. The third-order valence-corrected chi connectivity index (χ3v) is 3.70. The van der Waals surface area contributed by atoms with Gasteiger partial charge in [-0.2, -0.15) is 16.3 Å². The average Bonchev–Trinajstić information content (AvgIpc) is 3.14. The van der Waals surface area contributed by atoms with Crippen LogP contribution in [0.15, 0.2) is 43.2 Å². The van der Waals surface area contributed by atoms with Gasteiger partial charge in [0.15, 0.2) is 0 Å². The topological polar surface area (TPSA) is 82.9 Å². The highest BCUT2D eigenvalue weighted by atomic mass is 32.1. The number of aromatic nitrogens is 4. The molecule has 0 saturated heterocycles. The van der Waals surface area contributed by atoms with E-state index in [0.29, 0.717) is 12.4 Å². The maximum Gasteiger partial charge on any atom is 0.331 e. The zero-order valence-electron chi connectivity index (χ0n) is 11.2. The van der Waals surface area contributed by atoms with Crippen LogP contribution in [0, 0.1) is 0 Å². The Labute approximate surface area is 123 Å². The van der Waals surface area contributed by atoms with Crippen molar-refractivity contribution >= 4 is 11.3 Å². The molecular formula is C13H12N4O3S. The second kappa shape index (κ2) is 5.49. The van der Waals surface area contributed by atoms with Gasteiger partial charge in [0.25, 0.3) is 5.56 Å². The Balaban J connectivity index is 1.95. The van der Waals surface area contributed by atoms with Gasteiger partial charge in [-0.25, -0.2) is 4.79 Å². The van der Waals surface area contributed by atoms with Crippen LogP contribution < -0.4 is 11.2 Å². The van der Waals surface area contributed by atoms with E-state index in [1.807, 2.05) is 23.8 Å². The molecule has 3 aromatic rings. The first-order chi connectivity index (χ1) is 10.2. The van der Waals surface area contributed by atoms with Crippen molar-refractivity contribution in [2.45, 2.75) is 20.0 Å². The van der Waals surface area contributed by atoms with Gasteiger partial charge >= 0.3 is 5.69 Å². The molecule has 8 heteroatoms. The highest BCUT2D eigenvalue weighted by Gasteiger charge is 2.12. The molecule has 0 unspecified atom stereocenters. The lowest BCUT2D eigenvalue weighted by Gasteiger charge is -2.05. The van der Waals surface area contributed by atoms with E-state index in [1.54, 1.807) is 0 Å². The van der Waals surface area contributed by atoms with Crippen LogP contribution >= 0.6 is 11.3 Å². The van der Waals surface area contributed by atoms with Gasteiger partial charge in [-0.1, -0.05) is 5.16 Å². The van der Waals surface area contributed by atoms with Crippen LogP contribution in [-0.4, -0.2) is 19.3 Å². The molecule has 7 nitrogen and oxygen atoms in total. The monoisotopic (exact) mass is 304 g/mol. The van der Waals surface area contributed by atoms with E-state index in [0.717, 1.165) is 10.1 Å². The summed E-state index contributed by atoms with van der Waals surface area (Å²) >= 11 is 1.53. The standard InChI is InChI=1S/C13H12N4O3S/c1-2-16-5-3-11(18)17(13(16)19)7-10-14-12(15-20-10)9-4-6-21-8-9/h3-6,8H,2,7H2,1H3. The Kier molecular flexibility index (Phi) is 3.53. The molecule has 0 amide bonds. The van der Waals surface area contributed by atoms with Crippen LogP contribution in [0.5, 0.6) is 0 Å². The molecule has 0 radical (unpaired) electrons. The summed E-state index contributed by atoms with van der Waals surface area (Å²) in [5.74, 6) is 0.676. The van der Waals surface area contributed by atoms with Crippen LogP contribution in [-0.2, 0) is 13.1 Å². The number of rotatable bonds is 4. The van der Waals surface area contributed by atoms with Crippen molar-refractivity contribution in [3.63, 3.8) is 0 Å². The molecule has 3 aromatic heterocycles. The first-order valence-electron chi connectivity index (χ1n) is 6.34. The van der Waals surface area contributed by atoms with Gasteiger partial charge in [0.1, 0.15) is 6.54 Å². The summed E-state index contributed by atoms with van der Waals surface area (Å²) < 4.78 is 7.63. The van der Waals surface area contributed by atoms with Crippen molar-refractivity contribution < 1.29 is 4.52 Å². The summed E-state index contributed by atoms with van der Waals surface area (Å²) in [7, 11) is 0. The summed E-state index contributed by atoms with van der Waals surface area (Å²) in [6, 6.07) is 3.22. The predicted octanol–water partition coefficient (Wildman–Crippen LogP) is 1.19. The molecule has 0 aromatic carbocycles. The second-order valence-corrected chi connectivity index (χ2v) is 5.11. The Morgan fingerprint density at radius 1 is 1.33 bits per heavy atom. The maximum absolute atomic E-state index is 12.1. The second-order valence-electron chi connectivity index (χ2n) is 4.33. The molecule has 0 saturated carbocycles. The van der Waals surface area contributed by atoms with E-state index in [4.69, 9.17) is 4.52 Å². The zero-order valence-corrected chi connectivity index (χ0v) is 12.0. The lowest BCUT2D eigenvalue weighted by atomic mass is 10.3. The van der Waals surface area contributed by atoms with E-state index in [-0.39, 0.29) is 23.7 Å². The van der Waals surface area contributed by atoms with Crippen molar-refractivity contribution in [1.29, 1.82) is 0 Å². The zero-order chi connectivity index (χ0) is 14.8. The van der Waals surface area contributed by atoms with Gasteiger partial charge in [0.2, 0.25) is 11.7 Å².